The maximum absolute atomic E-state index is 9.32. The highest BCUT2D eigenvalue weighted by Gasteiger charge is 2.64. The van der Waals surface area contributed by atoms with Crippen LogP contribution in [0.4, 0.5) is 0 Å². The third kappa shape index (κ3) is 6.07. The van der Waals surface area contributed by atoms with E-state index < -0.39 is 0 Å². The number of hydrogen-bond acceptors (Lipinski definition) is 4. The first-order valence-corrected chi connectivity index (χ1v) is 21.6. The molecule has 290 valence electrons. The van der Waals surface area contributed by atoms with E-state index in [1.807, 2.05) is 72.8 Å². The number of hydrogen-bond donors (Lipinski definition) is 0. The lowest BCUT2D eigenvalue weighted by Gasteiger charge is -2.42. The van der Waals surface area contributed by atoms with Gasteiger partial charge in [-0.05, 0) is 140 Å². The lowest BCUT2D eigenvalue weighted by molar-refractivity contribution is 0.220. The fourth-order valence-corrected chi connectivity index (χ4v) is 11.7. The summed E-state index contributed by atoms with van der Waals surface area (Å²) >= 11 is 0. The van der Waals surface area contributed by atoms with Crippen molar-refractivity contribution in [1.82, 2.24) is 15.0 Å². The number of benzene rings is 8. The molecule has 4 atom stereocenters. The van der Waals surface area contributed by atoms with Crippen LogP contribution in [0.5, 0.6) is 0 Å². The van der Waals surface area contributed by atoms with Crippen LogP contribution in [0.1, 0.15) is 48.8 Å². The van der Waals surface area contributed by atoms with E-state index in [-0.39, 0.29) is 10.8 Å². The van der Waals surface area contributed by atoms with Gasteiger partial charge in [0.25, 0.3) is 0 Å². The number of fused-ring (bicyclic) bond motifs is 2. The van der Waals surface area contributed by atoms with Gasteiger partial charge >= 0.3 is 0 Å². The standard InChI is InChI=1S/C57H42N4/c58-35-37-11-12-46-29-44(14-13-43(46)27-37)39-19-23-50(24-20-39)56-32-38-28-52(34-56)57(33-38,36-56)51-25-21-40(22-26-51)45-15-16-48-31-49(18-17-47(48)30-45)55-60-53(41-7-3-1-4-8-41)59-54(61-55)42-9-5-2-6-10-42/h1-27,29-31,38,52H,28,32-34,36H2. The molecule has 1 heterocycles. The predicted octanol–water partition coefficient (Wildman–Crippen LogP) is 13.8. The zero-order valence-corrected chi connectivity index (χ0v) is 33.8. The number of rotatable bonds is 7. The first kappa shape index (κ1) is 35.7. The van der Waals surface area contributed by atoms with E-state index in [0.29, 0.717) is 23.0 Å². The molecule has 4 unspecified atom stereocenters. The van der Waals surface area contributed by atoms with Crippen molar-refractivity contribution in [1.29, 1.82) is 5.26 Å². The van der Waals surface area contributed by atoms with E-state index in [2.05, 4.69) is 115 Å². The second-order valence-corrected chi connectivity index (χ2v) is 17.9. The van der Waals surface area contributed by atoms with Crippen LogP contribution in [0, 0.1) is 23.2 Å². The van der Waals surface area contributed by atoms with Crippen LogP contribution >= 0.6 is 0 Å². The molecule has 4 bridgehead atoms. The van der Waals surface area contributed by atoms with Gasteiger partial charge in [0.15, 0.2) is 17.5 Å². The van der Waals surface area contributed by atoms with Crippen LogP contribution in [0.15, 0.2) is 182 Å². The van der Waals surface area contributed by atoms with Gasteiger partial charge in [0, 0.05) is 16.7 Å². The van der Waals surface area contributed by atoms with Gasteiger partial charge in [-0.2, -0.15) is 5.26 Å². The molecule has 0 amide bonds. The van der Waals surface area contributed by atoms with Crippen LogP contribution in [0.2, 0.25) is 0 Å². The fourth-order valence-electron chi connectivity index (χ4n) is 11.7. The molecule has 4 heteroatoms. The maximum atomic E-state index is 9.32. The molecule has 0 aliphatic heterocycles. The first-order chi connectivity index (χ1) is 30.0. The van der Waals surface area contributed by atoms with Crippen LogP contribution < -0.4 is 0 Å². The Morgan fingerprint density at radius 3 is 1.48 bits per heavy atom. The Labute approximate surface area is 356 Å². The zero-order chi connectivity index (χ0) is 40.5. The Hall–Kier alpha value is -7.22. The first-order valence-electron chi connectivity index (χ1n) is 21.6. The Kier molecular flexibility index (Phi) is 8.15. The molecule has 0 saturated heterocycles. The summed E-state index contributed by atoms with van der Waals surface area (Å²) < 4.78 is 0. The third-order valence-corrected chi connectivity index (χ3v) is 14.4. The molecule has 4 nitrogen and oxygen atoms in total. The van der Waals surface area contributed by atoms with Crippen molar-refractivity contribution in [3.8, 4) is 62.5 Å². The van der Waals surface area contributed by atoms with Gasteiger partial charge in [0.05, 0.1) is 11.6 Å². The Balaban J connectivity index is 0.802. The molecule has 4 fully saturated rings. The normalized spacial score (nSPS) is 21.2. The van der Waals surface area contributed by atoms with E-state index in [0.717, 1.165) is 39.3 Å². The van der Waals surface area contributed by atoms with Crippen LogP contribution in [0.25, 0.3) is 78.0 Å². The van der Waals surface area contributed by atoms with E-state index in [9.17, 15) is 5.26 Å². The van der Waals surface area contributed by atoms with Crippen molar-refractivity contribution in [3.05, 3.63) is 199 Å². The number of aromatic nitrogens is 3. The van der Waals surface area contributed by atoms with Crippen molar-refractivity contribution >= 4 is 21.5 Å². The predicted molar refractivity (Wildman–Crippen MR) is 247 cm³/mol. The largest absolute Gasteiger partial charge is 0.208 e. The van der Waals surface area contributed by atoms with Crippen LogP contribution in [-0.2, 0) is 10.8 Å². The molecule has 61 heavy (non-hydrogen) atoms. The molecule has 0 radical (unpaired) electrons. The summed E-state index contributed by atoms with van der Waals surface area (Å²) in [5.41, 5.74) is 12.1. The maximum Gasteiger partial charge on any atom is 0.164 e. The summed E-state index contributed by atoms with van der Waals surface area (Å²) in [4.78, 5) is 14.8. The minimum Gasteiger partial charge on any atom is -0.208 e. The zero-order valence-electron chi connectivity index (χ0n) is 33.8. The minimum atomic E-state index is 0.255. The van der Waals surface area contributed by atoms with Crippen LogP contribution in [0.3, 0.4) is 0 Å². The summed E-state index contributed by atoms with van der Waals surface area (Å²) in [5.74, 6) is 3.54. The van der Waals surface area contributed by atoms with Gasteiger partial charge in [-0.25, -0.2) is 15.0 Å². The number of nitrogens with zero attached hydrogens (tertiary/aromatic N) is 4. The molecule has 4 aliphatic carbocycles. The van der Waals surface area contributed by atoms with Crippen molar-refractivity contribution in [2.75, 3.05) is 0 Å². The smallest absolute Gasteiger partial charge is 0.164 e. The van der Waals surface area contributed by atoms with Crippen LogP contribution in [-0.4, -0.2) is 15.0 Å². The number of nitriles is 1. The van der Waals surface area contributed by atoms with Crippen molar-refractivity contribution in [2.45, 2.75) is 42.9 Å². The highest BCUT2D eigenvalue weighted by Crippen LogP contribution is 2.71. The third-order valence-electron chi connectivity index (χ3n) is 14.4. The highest BCUT2D eigenvalue weighted by molar-refractivity contribution is 5.91. The summed E-state index contributed by atoms with van der Waals surface area (Å²) in [6, 6.07) is 67.6. The molecule has 4 aliphatic rings. The average Bonchev–Trinajstić information content (AvgIpc) is 3.73. The van der Waals surface area contributed by atoms with Gasteiger partial charge < -0.3 is 0 Å². The molecular weight excluding hydrogens is 741 g/mol. The summed E-state index contributed by atoms with van der Waals surface area (Å²) in [7, 11) is 0. The van der Waals surface area contributed by atoms with Gasteiger partial charge in [-0.1, -0.05) is 152 Å². The Bertz CT molecular complexity index is 3130. The molecule has 1 aromatic heterocycles. The highest BCUT2D eigenvalue weighted by atomic mass is 15.0. The van der Waals surface area contributed by atoms with E-state index in [1.165, 1.54) is 76.3 Å². The lowest BCUT2D eigenvalue weighted by atomic mass is 9.62. The fraction of sp³-hybridized carbons (Fsp3) is 0.158. The monoisotopic (exact) mass is 782 g/mol. The van der Waals surface area contributed by atoms with E-state index in [1.54, 1.807) is 0 Å². The second kappa shape index (κ2) is 13.9. The quantitative estimate of drug-likeness (QED) is 0.162. The lowest BCUT2D eigenvalue weighted by Crippen LogP contribution is -2.35. The second-order valence-electron chi connectivity index (χ2n) is 17.9. The van der Waals surface area contributed by atoms with Gasteiger partial charge in [0.2, 0.25) is 0 Å². The topological polar surface area (TPSA) is 62.5 Å². The van der Waals surface area contributed by atoms with E-state index in [4.69, 9.17) is 15.0 Å². The van der Waals surface area contributed by atoms with Gasteiger partial charge in [-0.3, -0.25) is 0 Å². The van der Waals surface area contributed by atoms with Crippen molar-refractivity contribution < 1.29 is 0 Å². The minimum absolute atomic E-state index is 0.255. The summed E-state index contributed by atoms with van der Waals surface area (Å²) in [6.45, 7) is 0. The Morgan fingerprint density at radius 2 is 0.902 bits per heavy atom. The molecule has 0 N–H and O–H groups in total. The van der Waals surface area contributed by atoms with Crippen molar-refractivity contribution in [2.24, 2.45) is 11.8 Å². The molecular formula is C57H42N4. The summed E-state index contributed by atoms with van der Waals surface area (Å²) in [5, 5.41) is 13.9. The van der Waals surface area contributed by atoms with E-state index >= 15 is 0 Å². The Morgan fingerprint density at radius 1 is 0.426 bits per heavy atom. The summed E-state index contributed by atoms with van der Waals surface area (Å²) in [6.07, 6.45) is 6.54. The van der Waals surface area contributed by atoms with Gasteiger partial charge in [-0.15, -0.1) is 0 Å². The molecule has 9 aromatic rings. The molecule has 4 saturated carbocycles. The average molecular weight is 783 g/mol. The molecule has 0 spiro atoms. The van der Waals surface area contributed by atoms with Gasteiger partial charge in [0.1, 0.15) is 0 Å². The molecule has 8 aromatic carbocycles. The molecule has 13 rings (SSSR count). The van der Waals surface area contributed by atoms with Crippen molar-refractivity contribution in [3.63, 3.8) is 0 Å². The SMILES string of the molecule is N#Cc1ccc2cc(-c3ccc(C45CC6CC(C4)C(c4ccc(-c7ccc8cc(-c9nc(-c%10ccccc%10)nc(-c%10ccccc%10)n9)ccc8c7)cc4)(C6)C5)cc3)ccc2c1.